The van der Waals surface area contributed by atoms with Crippen molar-refractivity contribution < 1.29 is 14.3 Å². The van der Waals surface area contributed by atoms with Gasteiger partial charge in [-0.15, -0.1) is 0 Å². The van der Waals surface area contributed by atoms with E-state index in [2.05, 4.69) is 10.2 Å². The molecular formula is C23H27N3O3. The fraction of sp³-hybridized carbons (Fsp3) is 0.391. The minimum absolute atomic E-state index is 0.00372. The van der Waals surface area contributed by atoms with Gasteiger partial charge in [0.25, 0.3) is 0 Å². The molecule has 152 valence electrons. The summed E-state index contributed by atoms with van der Waals surface area (Å²) in [4.78, 5) is 29.7. The fourth-order valence-corrected chi connectivity index (χ4v) is 4.22. The normalized spacial score (nSPS) is 19.5. The Labute approximate surface area is 171 Å². The molecule has 6 heteroatoms. The summed E-state index contributed by atoms with van der Waals surface area (Å²) in [6, 6.07) is 13.8. The topological polar surface area (TPSA) is 61.9 Å². The van der Waals surface area contributed by atoms with Crippen molar-refractivity contribution in [3.8, 4) is 0 Å². The van der Waals surface area contributed by atoms with Crippen molar-refractivity contribution in [1.29, 1.82) is 0 Å². The summed E-state index contributed by atoms with van der Waals surface area (Å²) in [6.45, 7) is 7.39. The summed E-state index contributed by atoms with van der Waals surface area (Å²) in [5.74, 6) is -0.462. The van der Waals surface area contributed by atoms with E-state index in [1.807, 2.05) is 56.3 Å². The third-order valence-corrected chi connectivity index (χ3v) is 5.72. The molecule has 2 fully saturated rings. The van der Waals surface area contributed by atoms with E-state index in [-0.39, 0.29) is 24.2 Å². The molecule has 4 rings (SSSR count). The van der Waals surface area contributed by atoms with Crippen molar-refractivity contribution in [3.05, 3.63) is 53.6 Å². The average molecular weight is 393 g/mol. The second kappa shape index (κ2) is 8.25. The van der Waals surface area contributed by atoms with E-state index in [4.69, 9.17) is 4.74 Å². The number of para-hydroxylation sites is 3. The molecule has 0 radical (unpaired) electrons. The molecule has 1 unspecified atom stereocenters. The van der Waals surface area contributed by atoms with Gasteiger partial charge in [-0.05, 0) is 37.1 Å². The molecule has 6 nitrogen and oxygen atoms in total. The lowest BCUT2D eigenvalue weighted by atomic mass is 10.1. The van der Waals surface area contributed by atoms with E-state index >= 15 is 0 Å². The molecule has 2 aliphatic rings. The minimum Gasteiger partial charge on any atom is -0.378 e. The van der Waals surface area contributed by atoms with Gasteiger partial charge in [-0.3, -0.25) is 9.59 Å². The van der Waals surface area contributed by atoms with Crippen LogP contribution in [0.4, 0.5) is 17.1 Å². The fourth-order valence-electron chi connectivity index (χ4n) is 4.22. The molecule has 0 aromatic heterocycles. The number of hydrogen-bond donors (Lipinski definition) is 1. The molecule has 1 N–H and O–H groups in total. The second-order valence-corrected chi connectivity index (χ2v) is 7.75. The molecule has 2 heterocycles. The van der Waals surface area contributed by atoms with E-state index in [0.717, 1.165) is 41.3 Å². The van der Waals surface area contributed by atoms with Crippen LogP contribution in [0.3, 0.4) is 0 Å². The first kappa shape index (κ1) is 19.5. The van der Waals surface area contributed by atoms with Gasteiger partial charge in [0.1, 0.15) is 0 Å². The molecule has 0 bridgehead atoms. The van der Waals surface area contributed by atoms with E-state index in [0.29, 0.717) is 19.8 Å². The lowest BCUT2D eigenvalue weighted by molar-refractivity contribution is -0.122. The maximum absolute atomic E-state index is 13.0. The number of carbonyl (C=O) groups is 2. The van der Waals surface area contributed by atoms with Gasteiger partial charge in [-0.25, -0.2) is 0 Å². The Morgan fingerprint density at radius 2 is 1.72 bits per heavy atom. The van der Waals surface area contributed by atoms with E-state index in [1.54, 1.807) is 4.90 Å². The number of hydrogen-bond acceptors (Lipinski definition) is 4. The van der Waals surface area contributed by atoms with E-state index in [9.17, 15) is 9.59 Å². The number of carbonyl (C=O) groups excluding carboxylic acids is 2. The number of morpholine rings is 1. The lowest BCUT2D eigenvalue weighted by Gasteiger charge is -2.30. The summed E-state index contributed by atoms with van der Waals surface area (Å²) in [5.41, 5.74) is 4.83. The molecule has 2 aromatic carbocycles. The number of ether oxygens (including phenoxy) is 1. The van der Waals surface area contributed by atoms with Crippen LogP contribution >= 0.6 is 0 Å². The summed E-state index contributed by atoms with van der Waals surface area (Å²) in [7, 11) is 0. The Kier molecular flexibility index (Phi) is 5.53. The molecule has 2 saturated heterocycles. The van der Waals surface area contributed by atoms with Gasteiger partial charge >= 0.3 is 0 Å². The number of benzene rings is 2. The van der Waals surface area contributed by atoms with Crippen LogP contribution in [0.15, 0.2) is 42.5 Å². The second-order valence-electron chi connectivity index (χ2n) is 7.75. The van der Waals surface area contributed by atoms with Crippen molar-refractivity contribution in [1.82, 2.24) is 0 Å². The van der Waals surface area contributed by atoms with Gasteiger partial charge in [0.05, 0.1) is 30.5 Å². The molecule has 0 saturated carbocycles. The van der Waals surface area contributed by atoms with Crippen LogP contribution in [0, 0.1) is 19.8 Å². The Morgan fingerprint density at radius 3 is 2.45 bits per heavy atom. The van der Waals surface area contributed by atoms with Crippen LogP contribution in [0.25, 0.3) is 0 Å². The number of nitrogens with zero attached hydrogens (tertiary/aromatic N) is 2. The predicted molar refractivity (Wildman–Crippen MR) is 114 cm³/mol. The summed E-state index contributed by atoms with van der Waals surface area (Å²) < 4.78 is 5.44. The van der Waals surface area contributed by atoms with Crippen molar-refractivity contribution in [2.45, 2.75) is 20.3 Å². The molecule has 1 atom stereocenters. The van der Waals surface area contributed by atoms with Crippen LogP contribution in [-0.2, 0) is 14.3 Å². The van der Waals surface area contributed by atoms with Crippen molar-refractivity contribution in [2.75, 3.05) is 48.0 Å². The Hall–Kier alpha value is -2.86. The number of rotatable bonds is 4. The van der Waals surface area contributed by atoms with Gasteiger partial charge in [0, 0.05) is 31.7 Å². The first-order chi connectivity index (χ1) is 14.0. The van der Waals surface area contributed by atoms with Crippen LogP contribution < -0.4 is 15.1 Å². The zero-order valence-electron chi connectivity index (χ0n) is 17.0. The minimum atomic E-state index is -0.362. The highest BCUT2D eigenvalue weighted by Gasteiger charge is 2.36. The van der Waals surface area contributed by atoms with Crippen LogP contribution in [-0.4, -0.2) is 44.7 Å². The van der Waals surface area contributed by atoms with Crippen LogP contribution in [0.5, 0.6) is 0 Å². The first-order valence-corrected chi connectivity index (χ1v) is 10.1. The van der Waals surface area contributed by atoms with Crippen molar-refractivity contribution in [2.24, 2.45) is 5.92 Å². The predicted octanol–water partition coefficient (Wildman–Crippen LogP) is 3.13. The number of anilines is 3. The summed E-state index contributed by atoms with van der Waals surface area (Å²) in [6.07, 6.45) is 0.235. The molecule has 0 aliphatic carbocycles. The van der Waals surface area contributed by atoms with Gasteiger partial charge < -0.3 is 19.9 Å². The monoisotopic (exact) mass is 393 g/mol. The van der Waals surface area contributed by atoms with Crippen LogP contribution in [0.2, 0.25) is 0 Å². The zero-order valence-corrected chi connectivity index (χ0v) is 17.0. The molecule has 29 heavy (non-hydrogen) atoms. The van der Waals surface area contributed by atoms with Gasteiger partial charge in [-0.2, -0.15) is 0 Å². The standard InChI is InChI=1S/C23H27N3O3/c1-16-6-5-7-17(2)22(16)26-15-18(14-21(26)27)23(28)24-19-8-3-4-9-20(19)25-10-12-29-13-11-25/h3-9,18H,10-15H2,1-2H3,(H,24,28). The zero-order chi connectivity index (χ0) is 20.4. The maximum Gasteiger partial charge on any atom is 0.229 e. The van der Waals surface area contributed by atoms with Crippen LogP contribution in [0.1, 0.15) is 17.5 Å². The Balaban J connectivity index is 1.50. The third-order valence-electron chi connectivity index (χ3n) is 5.72. The largest absolute Gasteiger partial charge is 0.378 e. The SMILES string of the molecule is Cc1cccc(C)c1N1CC(C(=O)Nc2ccccc2N2CCOCC2)CC1=O. The molecular weight excluding hydrogens is 366 g/mol. The highest BCUT2D eigenvalue weighted by molar-refractivity contribution is 6.05. The summed E-state index contributed by atoms with van der Waals surface area (Å²) in [5, 5.41) is 3.07. The smallest absolute Gasteiger partial charge is 0.229 e. The van der Waals surface area contributed by atoms with Crippen molar-refractivity contribution >= 4 is 28.9 Å². The molecule has 0 spiro atoms. The quantitative estimate of drug-likeness (QED) is 0.867. The Morgan fingerprint density at radius 1 is 1.03 bits per heavy atom. The number of aryl methyl sites for hydroxylation is 2. The first-order valence-electron chi connectivity index (χ1n) is 10.1. The van der Waals surface area contributed by atoms with Gasteiger partial charge in [0.15, 0.2) is 0 Å². The lowest BCUT2D eigenvalue weighted by Crippen LogP contribution is -2.37. The molecule has 2 aliphatic heterocycles. The molecule has 2 amide bonds. The third kappa shape index (κ3) is 3.98. The highest BCUT2D eigenvalue weighted by Crippen LogP contribution is 2.32. The van der Waals surface area contributed by atoms with E-state index in [1.165, 1.54) is 0 Å². The highest BCUT2D eigenvalue weighted by atomic mass is 16.5. The average Bonchev–Trinajstić information content (AvgIpc) is 3.10. The number of amides is 2. The summed E-state index contributed by atoms with van der Waals surface area (Å²) >= 11 is 0. The number of nitrogens with one attached hydrogen (secondary N) is 1. The van der Waals surface area contributed by atoms with Crippen molar-refractivity contribution in [3.63, 3.8) is 0 Å². The maximum atomic E-state index is 13.0. The Bertz CT molecular complexity index is 901. The van der Waals surface area contributed by atoms with Gasteiger partial charge in [0.2, 0.25) is 11.8 Å². The van der Waals surface area contributed by atoms with E-state index < -0.39 is 0 Å². The molecule has 2 aromatic rings. The van der Waals surface area contributed by atoms with Gasteiger partial charge in [-0.1, -0.05) is 30.3 Å².